The number of nitrogens with one attached hydrogen (secondary N) is 5. The van der Waals surface area contributed by atoms with E-state index in [1.807, 2.05) is 0 Å². The average molecular weight is 1370 g/mol. The highest BCUT2D eigenvalue weighted by atomic mass is 16.7. The minimum absolute atomic E-state index is 0.113. The van der Waals surface area contributed by atoms with Crippen LogP contribution in [-0.2, 0) is 57.0 Å². The lowest BCUT2D eigenvalue weighted by molar-refractivity contribution is -0.282. The Bertz CT molecular complexity index is 1860. The molecule has 14 N–H and O–H groups in total. The molecule has 3 aliphatic heterocycles. The normalized spacial score (nSPS) is 26.6. The fourth-order valence-corrected chi connectivity index (χ4v) is 11.6. The zero-order valence-corrected chi connectivity index (χ0v) is 57.1. The molecule has 3 fully saturated rings. The van der Waals surface area contributed by atoms with Gasteiger partial charge in [0.15, 0.2) is 18.9 Å². The van der Waals surface area contributed by atoms with Crippen LogP contribution < -0.4 is 26.6 Å². The number of aliphatic hydroxyl groups excluding tert-OH is 9. The number of aliphatic hydroxyl groups is 9. The van der Waals surface area contributed by atoms with E-state index in [9.17, 15) is 74.7 Å². The Hall–Kier alpha value is -4.18. The van der Waals surface area contributed by atoms with Crippen molar-refractivity contribution in [2.24, 2.45) is 23.2 Å². The first-order valence-electron chi connectivity index (χ1n) is 35.1. The van der Waals surface area contributed by atoms with Gasteiger partial charge in [-0.15, -0.1) is 0 Å². The standard InChI is InChI=1S/C66H121N5O24/c1-45-54(78)57(81)49(42-72)93-60(45)87-36-18-25-48(75)24-12-6-5-7-15-33-69-63(84)90-39-21-28-66(4,29-22-40-91-64(85)70-34-16-10-8-13-31-67-52(76)26-19-37-88-61-46(2)55(79)58(82)50(43-73)94-61)30-23-41-92-65(86)71-35-17-11-9-14-32-68-53(77)27-20-38-89-62-47(3)56(80)59(83)51(44-74)95-62/h45-47,49-51,54-62,72-74,78-83H,5-44H2,1-4H3,(H,67,76)(H,68,77)(H,69,84)(H,70,85)(H,71,86). The molecular weight excluding hydrogens is 1250 g/mol. The van der Waals surface area contributed by atoms with Crippen LogP contribution in [-0.4, -0.2) is 248 Å². The fourth-order valence-electron chi connectivity index (χ4n) is 11.6. The molecule has 3 saturated heterocycles. The molecular formula is C66H121N5O24. The maximum absolute atomic E-state index is 12.6. The molecule has 0 aromatic heterocycles. The van der Waals surface area contributed by atoms with Gasteiger partial charge < -0.3 is 115 Å². The zero-order valence-electron chi connectivity index (χ0n) is 57.1. The summed E-state index contributed by atoms with van der Waals surface area (Å²) in [4.78, 5) is 74.7. The van der Waals surface area contributed by atoms with Gasteiger partial charge in [0, 0.05) is 76.2 Å². The summed E-state index contributed by atoms with van der Waals surface area (Å²) in [7, 11) is 0. The van der Waals surface area contributed by atoms with Gasteiger partial charge in [0.2, 0.25) is 11.8 Å². The largest absolute Gasteiger partial charge is 0.450 e. The van der Waals surface area contributed by atoms with E-state index in [0.717, 1.165) is 83.5 Å². The Balaban J connectivity index is 1.26. The summed E-state index contributed by atoms with van der Waals surface area (Å²) < 4.78 is 50.2. The van der Waals surface area contributed by atoms with E-state index >= 15 is 0 Å². The molecule has 95 heavy (non-hydrogen) atoms. The second kappa shape index (κ2) is 50.2. The summed E-state index contributed by atoms with van der Waals surface area (Å²) >= 11 is 0. The Labute approximate surface area is 561 Å². The second-order valence-corrected chi connectivity index (χ2v) is 26.0. The van der Waals surface area contributed by atoms with Gasteiger partial charge in [-0.3, -0.25) is 14.4 Å². The monoisotopic (exact) mass is 1370 g/mol. The predicted octanol–water partition coefficient (Wildman–Crippen LogP) is 3.39. The number of hydrogen-bond acceptors (Lipinski definition) is 24. The van der Waals surface area contributed by atoms with Gasteiger partial charge in [0.25, 0.3) is 0 Å². The van der Waals surface area contributed by atoms with Crippen molar-refractivity contribution in [2.75, 3.05) is 92.2 Å². The average Bonchev–Trinajstić information content (AvgIpc) is 0.851. The number of rotatable bonds is 52. The number of hydrogen-bond donors (Lipinski definition) is 14. The number of carbonyl (C=O) groups is 6. The molecule has 0 spiro atoms. The van der Waals surface area contributed by atoms with Crippen molar-refractivity contribution in [2.45, 2.75) is 268 Å². The maximum Gasteiger partial charge on any atom is 0.407 e. The van der Waals surface area contributed by atoms with Crippen LogP contribution in [0.3, 0.4) is 0 Å². The van der Waals surface area contributed by atoms with E-state index in [4.69, 9.17) is 42.6 Å². The number of amides is 5. The van der Waals surface area contributed by atoms with Gasteiger partial charge >= 0.3 is 18.3 Å². The third-order valence-corrected chi connectivity index (χ3v) is 17.9. The summed E-state index contributed by atoms with van der Waals surface area (Å²) in [6.07, 6.45) is 3.55. The van der Waals surface area contributed by atoms with Crippen LogP contribution in [0.2, 0.25) is 0 Å². The van der Waals surface area contributed by atoms with Gasteiger partial charge in [-0.1, -0.05) is 72.6 Å². The van der Waals surface area contributed by atoms with Crippen LogP contribution in [0.4, 0.5) is 14.4 Å². The highest BCUT2D eigenvalue weighted by molar-refractivity contribution is 5.78. The fraction of sp³-hybridized carbons (Fsp3) is 0.909. The summed E-state index contributed by atoms with van der Waals surface area (Å²) in [6.45, 7) is 9.48. The molecule has 15 atom stereocenters. The first kappa shape index (κ1) is 85.0. The molecule has 0 radical (unpaired) electrons. The SMILES string of the molecule is CC1C(OCCCC(=O)CCCCCCCNC(=O)OCCCC(C)(CCCOC(=O)NCCCCCCNC(=O)CCCOC2OC(CO)C(O)C(O)C2C)CCCOC(=O)NCCCCCCNC(=O)CCCOC2OC(CO)C(O)C(O)C2C)OC(CO)C(O)C1O. The van der Waals surface area contributed by atoms with E-state index in [-0.39, 0.29) is 75.5 Å². The molecule has 0 aromatic rings. The van der Waals surface area contributed by atoms with Crippen molar-refractivity contribution in [1.82, 2.24) is 26.6 Å². The first-order valence-corrected chi connectivity index (χ1v) is 35.1. The lowest BCUT2D eigenvalue weighted by atomic mass is 9.77. The highest BCUT2D eigenvalue weighted by Crippen LogP contribution is 2.35. The van der Waals surface area contributed by atoms with E-state index in [2.05, 4.69) is 33.5 Å². The lowest BCUT2D eigenvalue weighted by Crippen LogP contribution is -2.55. The number of alkyl carbamates (subject to hydrolysis) is 3. The molecule has 3 heterocycles. The number of ether oxygens (including phenoxy) is 9. The first-order chi connectivity index (χ1) is 45.6. The Kier molecular flexibility index (Phi) is 44.9. The van der Waals surface area contributed by atoms with Crippen LogP contribution in [0.15, 0.2) is 0 Å². The molecule has 0 saturated carbocycles. The molecule has 0 aliphatic carbocycles. The van der Waals surface area contributed by atoms with Gasteiger partial charge in [0.1, 0.15) is 42.4 Å². The van der Waals surface area contributed by atoms with Crippen molar-refractivity contribution in [1.29, 1.82) is 0 Å². The van der Waals surface area contributed by atoms with E-state index in [0.29, 0.717) is 103 Å². The van der Waals surface area contributed by atoms with Crippen LogP contribution in [0.5, 0.6) is 0 Å². The van der Waals surface area contributed by atoms with Crippen molar-refractivity contribution in [3.63, 3.8) is 0 Å². The van der Waals surface area contributed by atoms with Crippen molar-refractivity contribution in [3.8, 4) is 0 Å². The van der Waals surface area contributed by atoms with Crippen LogP contribution in [0.1, 0.15) is 195 Å². The van der Waals surface area contributed by atoms with E-state index in [1.165, 1.54) is 0 Å². The predicted molar refractivity (Wildman–Crippen MR) is 346 cm³/mol. The zero-order chi connectivity index (χ0) is 69.8. The van der Waals surface area contributed by atoms with Crippen molar-refractivity contribution in [3.05, 3.63) is 0 Å². The summed E-state index contributed by atoms with van der Waals surface area (Å²) in [5, 5.41) is 103. The summed E-state index contributed by atoms with van der Waals surface area (Å²) in [5.41, 5.74) is -0.247. The molecule has 29 heteroatoms. The molecule has 3 rings (SSSR count). The van der Waals surface area contributed by atoms with Crippen molar-refractivity contribution >= 4 is 35.9 Å². The molecule has 5 amide bonds. The van der Waals surface area contributed by atoms with Gasteiger partial charge in [-0.25, -0.2) is 14.4 Å². The number of unbranched alkanes of at least 4 members (excludes halogenated alkanes) is 10. The Morgan fingerprint density at radius 2 is 0.621 bits per heavy atom. The van der Waals surface area contributed by atoms with Crippen molar-refractivity contribution < 1.29 is 117 Å². The summed E-state index contributed by atoms with van der Waals surface area (Å²) in [5.74, 6) is -1.59. The Morgan fingerprint density at radius 1 is 0.347 bits per heavy atom. The van der Waals surface area contributed by atoms with Crippen LogP contribution >= 0.6 is 0 Å². The quantitative estimate of drug-likeness (QED) is 0.0306. The maximum atomic E-state index is 12.6. The minimum Gasteiger partial charge on any atom is -0.450 e. The number of ketones is 1. The van der Waals surface area contributed by atoms with Gasteiger partial charge in [0.05, 0.1) is 77.8 Å². The van der Waals surface area contributed by atoms with Crippen LogP contribution in [0, 0.1) is 23.2 Å². The topological polar surface area (TPSA) is 428 Å². The third-order valence-electron chi connectivity index (χ3n) is 17.9. The van der Waals surface area contributed by atoms with Gasteiger partial charge in [-0.05, 0) is 102 Å². The second-order valence-electron chi connectivity index (χ2n) is 26.0. The number of carbonyl (C=O) groups excluding carboxylic acids is 6. The molecule has 3 aliphatic rings. The smallest absolute Gasteiger partial charge is 0.407 e. The minimum atomic E-state index is -1.20. The van der Waals surface area contributed by atoms with E-state index < -0.39 is 130 Å². The molecule has 0 aromatic carbocycles. The highest BCUT2D eigenvalue weighted by Gasteiger charge is 2.45. The Morgan fingerprint density at radius 3 is 0.937 bits per heavy atom. The lowest BCUT2D eigenvalue weighted by Gasteiger charge is -2.40. The van der Waals surface area contributed by atoms with Gasteiger partial charge in [-0.2, -0.15) is 0 Å². The summed E-state index contributed by atoms with van der Waals surface area (Å²) in [6, 6.07) is 0. The molecule has 29 nitrogen and oxygen atoms in total. The third kappa shape index (κ3) is 35.4. The molecule has 15 unspecified atom stereocenters. The molecule has 554 valence electrons. The van der Waals surface area contributed by atoms with Crippen LogP contribution in [0.25, 0.3) is 0 Å². The molecule has 0 bridgehead atoms. The van der Waals surface area contributed by atoms with E-state index in [1.54, 1.807) is 20.8 Å². The number of Topliss-reactive ketones (excluding diaryl/α,β-unsaturated/α-hetero) is 1.